The lowest BCUT2D eigenvalue weighted by Crippen LogP contribution is -2.07. The van der Waals surface area contributed by atoms with Crippen molar-refractivity contribution in [1.82, 2.24) is 0 Å². The summed E-state index contributed by atoms with van der Waals surface area (Å²) in [6.45, 7) is 0. The van der Waals surface area contributed by atoms with Gasteiger partial charge in [0.1, 0.15) is 0 Å². The molecule has 0 heterocycles. The van der Waals surface area contributed by atoms with Gasteiger partial charge in [-0.15, -0.1) is 20.7 Å². The van der Waals surface area contributed by atoms with E-state index in [1.807, 2.05) is 0 Å². The highest BCUT2D eigenvalue weighted by atomic mass is 127. The Kier molecular flexibility index (Phi) is 2.78. The first-order valence-corrected chi connectivity index (χ1v) is 4.51. The van der Waals surface area contributed by atoms with Crippen molar-refractivity contribution in [1.29, 1.82) is 0 Å². The monoisotopic (exact) mass is 224 g/mol. The molecule has 0 atom stereocenters. The van der Waals surface area contributed by atoms with E-state index in [4.69, 9.17) is 0 Å². The molecule has 0 aliphatic heterocycles. The van der Waals surface area contributed by atoms with E-state index in [1.165, 1.54) is 0 Å². The van der Waals surface area contributed by atoms with Gasteiger partial charge >= 0.3 is 6.18 Å². The van der Waals surface area contributed by atoms with Crippen LogP contribution in [0, 0.1) is 0 Å². The molecule has 0 rings (SSSR count). The first kappa shape index (κ1) is 7.39. The molecule has 4 heteroatoms. The maximum Gasteiger partial charge on any atom is 0.397 e. The van der Waals surface area contributed by atoms with Gasteiger partial charge in [-0.2, -0.15) is 13.2 Å². The van der Waals surface area contributed by atoms with Crippen LogP contribution in [0.2, 0.25) is 0 Å². The van der Waals surface area contributed by atoms with Crippen LogP contribution >= 0.6 is 20.7 Å². The summed E-state index contributed by atoms with van der Waals surface area (Å²) >= 11 is -0.857. The zero-order valence-electron chi connectivity index (χ0n) is 3.43. The molecular formula is C3H4F3I. The van der Waals surface area contributed by atoms with Crippen molar-refractivity contribution >= 4 is 25.2 Å². The van der Waals surface area contributed by atoms with Gasteiger partial charge in [0.15, 0.2) is 0 Å². The molecule has 0 radical (unpaired) electrons. The van der Waals surface area contributed by atoms with Gasteiger partial charge in [-0.3, -0.25) is 0 Å². The minimum atomic E-state index is -3.96. The first-order chi connectivity index (χ1) is 3.06. The fraction of sp³-hybridized carbons (Fsp3) is 0.667. The Balaban J connectivity index is 3.34. The Hall–Kier alpha value is 0.390. The first-order valence-electron chi connectivity index (χ1n) is 1.46. The van der Waals surface area contributed by atoms with E-state index >= 15 is 0 Å². The molecule has 44 valence electrons. The molecular weight excluding hydrogens is 220 g/mol. The quantitative estimate of drug-likeness (QED) is 0.471. The zero-order valence-corrected chi connectivity index (χ0v) is 5.58. The van der Waals surface area contributed by atoms with Crippen molar-refractivity contribution in [3.8, 4) is 0 Å². The molecule has 0 bridgehead atoms. The molecule has 0 amide bonds. The van der Waals surface area contributed by atoms with Crippen LogP contribution in [-0.4, -0.2) is 15.1 Å². The molecule has 0 nitrogen and oxygen atoms in total. The lowest BCUT2D eigenvalue weighted by atomic mass is 10.8. The van der Waals surface area contributed by atoms with Crippen LogP contribution in [0.25, 0.3) is 0 Å². The van der Waals surface area contributed by atoms with Crippen molar-refractivity contribution in [2.24, 2.45) is 0 Å². The van der Waals surface area contributed by atoms with E-state index in [1.54, 1.807) is 0 Å². The van der Waals surface area contributed by atoms with E-state index in [9.17, 15) is 13.2 Å². The van der Waals surface area contributed by atoms with Crippen molar-refractivity contribution < 1.29 is 13.2 Å². The van der Waals surface area contributed by atoms with Crippen LogP contribution in [0.4, 0.5) is 13.2 Å². The molecule has 0 aromatic carbocycles. The maximum atomic E-state index is 11.0. The number of hydrogen-bond donors (Lipinski definition) is 0. The predicted molar refractivity (Wildman–Crippen MR) is 32.1 cm³/mol. The SMILES string of the molecule is C=ICC(F)(F)F. The molecule has 0 fully saturated rings. The van der Waals surface area contributed by atoms with Gasteiger partial charge < -0.3 is 0 Å². The largest absolute Gasteiger partial charge is 0.397 e. The third kappa shape index (κ3) is 6.39. The summed E-state index contributed by atoms with van der Waals surface area (Å²) in [7, 11) is 0. The summed E-state index contributed by atoms with van der Waals surface area (Å²) in [4.78, 5) is 0. The van der Waals surface area contributed by atoms with Crippen LogP contribution in [0.1, 0.15) is 0 Å². The molecule has 0 spiro atoms. The third-order valence-electron chi connectivity index (χ3n) is 0.246. The smallest absolute Gasteiger partial charge is 0.170 e. The number of halogens is 4. The minimum Gasteiger partial charge on any atom is -0.170 e. The standard InChI is InChI=1S/C3H4F3I/c1-7-2-3(4,5)6/h1-2H2. The Morgan fingerprint density at radius 3 is 1.86 bits per heavy atom. The zero-order chi connectivity index (χ0) is 5.91. The molecule has 0 aliphatic rings. The summed E-state index contributed by atoms with van der Waals surface area (Å²) in [5, 5.41) is 0. The second kappa shape index (κ2) is 2.64. The van der Waals surface area contributed by atoms with Crippen LogP contribution in [-0.2, 0) is 0 Å². The highest BCUT2D eigenvalue weighted by molar-refractivity contribution is 14.2. The molecule has 0 aliphatic carbocycles. The second-order valence-corrected chi connectivity index (χ2v) is 2.78. The normalized spacial score (nSPS) is 11.9. The Morgan fingerprint density at radius 2 is 1.86 bits per heavy atom. The summed E-state index contributed by atoms with van der Waals surface area (Å²) in [6.07, 6.45) is -3.96. The van der Waals surface area contributed by atoms with Gasteiger partial charge in [-0.25, -0.2) is 0 Å². The Labute approximate surface area is 49.5 Å². The van der Waals surface area contributed by atoms with Crippen LogP contribution in [0.15, 0.2) is 0 Å². The number of hydrogen-bond acceptors (Lipinski definition) is 0. The van der Waals surface area contributed by atoms with E-state index in [0.717, 1.165) is 0 Å². The number of alkyl halides is 4. The van der Waals surface area contributed by atoms with Crippen molar-refractivity contribution in [2.45, 2.75) is 6.18 Å². The molecule has 7 heavy (non-hydrogen) atoms. The molecule has 0 aromatic heterocycles. The fourth-order valence-electron chi connectivity index (χ4n) is 0.107. The van der Waals surface area contributed by atoms with Crippen LogP contribution in [0.3, 0.4) is 0 Å². The lowest BCUT2D eigenvalue weighted by Gasteiger charge is -1.97. The summed E-state index contributed by atoms with van der Waals surface area (Å²) < 4.78 is 35.6. The van der Waals surface area contributed by atoms with Crippen LogP contribution < -0.4 is 0 Å². The van der Waals surface area contributed by atoms with E-state index < -0.39 is 31.3 Å². The van der Waals surface area contributed by atoms with Crippen LogP contribution in [0.5, 0.6) is 0 Å². The van der Waals surface area contributed by atoms with Gasteiger partial charge in [-0.1, -0.05) is 4.51 Å². The maximum absolute atomic E-state index is 11.0. The van der Waals surface area contributed by atoms with E-state index in [0.29, 0.717) is 0 Å². The van der Waals surface area contributed by atoms with E-state index in [2.05, 4.69) is 4.51 Å². The average Bonchev–Trinajstić information content (AvgIpc) is 1.30. The molecule has 0 saturated heterocycles. The van der Waals surface area contributed by atoms with Crippen molar-refractivity contribution in [3.05, 3.63) is 0 Å². The number of rotatable bonds is 1. The summed E-state index contributed by atoms with van der Waals surface area (Å²) in [5.41, 5.74) is 0. The summed E-state index contributed by atoms with van der Waals surface area (Å²) in [5.74, 6) is 0. The highest BCUT2D eigenvalue weighted by Gasteiger charge is 2.24. The van der Waals surface area contributed by atoms with Gasteiger partial charge in [0.2, 0.25) is 0 Å². The predicted octanol–water partition coefficient (Wildman–Crippen LogP) is 1.95. The van der Waals surface area contributed by atoms with E-state index in [-0.39, 0.29) is 0 Å². The van der Waals surface area contributed by atoms with Gasteiger partial charge in [-0.05, 0) is 0 Å². The lowest BCUT2D eigenvalue weighted by molar-refractivity contribution is -0.102. The van der Waals surface area contributed by atoms with Crippen molar-refractivity contribution in [2.75, 3.05) is 4.43 Å². The molecule has 0 aromatic rings. The van der Waals surface area contributed by atoms with Gasteiger partial charge in [0.05, 0.1) is 4.43 Å². The minimum absolute atomic E-state index is 0.661. The van der Waals surface area contributed by atoms with Crippen molar-refractivity contribution in [3.63, 3.8) is 0 Å². The highest BCUT2D eigenvalue weighted by Crippen LogP contribution is 2.18. The fourth-order valence-corrected chi connectivity index (χ4v) is 0.719. The molecule has 0 unspecified atom stereocenters. The Morgan fingerprint density at radius 1 is 1.43 bits per heavy atom. The second-order valence-electron chi connectivity index (χ2n) is 0.938. The van der Waals surface area contributed by atoms with Gasteiger partial charge in [0.25, 0.3) is 0 Å². The summed E-state index contributed by atoms with van der Waals surface area (Å²) in [6, 6.07) is 0. The topological polar surface area (TPSA) is 0 Å². The third-order valence-corrected chi connectivity index (χ3v) is 1.65. The molecule has 0 saturated carbocycles. The Bertz CT molecular complexity index is 65.1. The molecule has 0 N–H and O–H groups in total. The average molecular weight is 224 g/mol. The van der Waals surface area contributed by atoms with Gasteiger partial charge in [0, 0.05) is 0 Å².